The molecule has 150 valence electrons. The number of benzene rings is 2. The van der Waals surface area contributed by atoms with E-state index in [9.17, 15) is 4.79 Å². The van der Waals surface area contributed by atoms with Gasteiger partial charge < -0.3 is 19.3 Å². The molecule has 2 aromatic carbocycles. The monoisotopic (exact) mass is 382 g/mol. The molecule has 0 atom stereocenters. The van der Waals surface area contributed by atoms with E-state index in [1.807, 2.05) is 4.90 Å². The van der Waals surface area contributed by atoms with Crippen molar-refractivity contribution in [3.63, 3.8) is 0 Å². The third-order valence-corrected chi connectivity index (χ3v) is 5.26. The summed E-state index contributed by atoms with van der Waals surface area (Å²) >= 11 is 0. The Morgan fingerprint density at radius 2 is 1.64 bits per heavy atom. The van der Waals surface area contributed by atoms with Crippen molar-refractivity contribution >= 4 is 5.91 Å². The van der Waals surface area contributed by atoms with Crippen LogP contribution in [0.15, 0.2) is 48.5 Å². The van der Waals surface area contributed by atoms with Crippen molar-refractivity contribution in [1.82, 2.24) is 9.80 Å². The standard InChI is InChI=1S/C23H30N2O3/c1-27-21-16-20(17-22(18-21)28-2)23(26)25-13-7-12-24(14-15-25)11-6-10-19-8-4-3-5-9-19/h3-5,8-9,16-18H,6-7,10-15H2,1-2H3. The molecule has 5 heteroatoms. The highest BCUT2D eigenvalue weighted by Gasteiger charge is 2.21. The lowest BCUT2D eigenvalue weighted by Crippen LogP contribution is -2.35. The largest absolute Gasteiger partial charge is 0.497 e. The molecule has 0 unspecified atom stereocenters. The van der Waals surface area contributed by atoms with E-state index in [4.69, 9.17) is 9.47 Å². The molecule has 28 heavy (non-hydrogen) atoms. The lowest BCUT2D eigenvalue weighted by molar-refractivity contribution is 0.0760. The Kier molecular flexibility index (Phi) is 7.31. The van der Waals surface area contributed by atoms with Crippen LogP contribution in [0, 0.1) is 0 Å². The fourth-order valence-corrected chi connectivity index (χ4v) is 3.66. The molecule has 0 aromatic heterocycles. The maximum atomic E-state index is 13.0. The number of carbonyl (C=O) groups excluding carboxylic acids is 1. The van der Waals surface area contributed by atoms with Gasteiger partial charge in [-0.05, 0) is 50.0 Å². The molecule has 0 aliphatic carbocycles. The highest BCUT2D eigenvalue weighted by atomic mass is 16.5. The van der Waals surface area contributed by atoms with Crippen LogP contribution in [0.2, 0.25) is 0 Å². The molecular weight excluding hydrogens is 352 g/mol. The summed E-state index contributed by atoms with van der Waals surface area (Å²) in [5.41, 5.74) is 2.01. The first-order valence-corrected chi connectivity index (χ1v) is 9.98. The third-order valence-electron chi connectivity index (χ3n) is 5.26. The molecule has 3 rings (SSSR count). The van der Waals surface area contributed by atoms with Crippen LogP contribution in [-0.4, -0.2) is 62.7 Å². The first-order chi connectivity index (χ1) is 13.7. The average molecular weight is 383 g/mol. The van der Waals surface area contributed by atoms with E-state index in [2.05, 4.69) is 35.2 Å². The van der Waals surface area contributed by atoms with Gasteiger partial charge in [0.25, 0.3) is 5.91 Å². The number of ether oxygens (including phenoxy) is 2. The predicted molar refractivity (Wildman–Crippen MR) is 111 cm³/mol. The lowest BCUT2D eigenvalue weighted by atomic mass is 10.1. The van der Waals surface area contributed by atoms with E-state index >= 15 is 0 Å². The second-order valence-electron chi connectivity index (χ2n) is 7.18. The Hall–Kier alpha value is -2.53. The van der Waals surface area contributed by atoms with E-state index in [1.54, 1.807) is 32.4 Å². The highest BCUT2D eigenvalue weighted by molar-refractivity contribution is 5.95. The van der Waals surface area contributed by atoms with E-state index in [1.165, 1.54) is 5.56 Å². The topological polar surface area (TPSA) is 42.0 Å². The van der Waals surface area contributed by atoms with Crippen molar-refractivity contribution in [2.75, 3.05) is 46.9 Å². The fraction of sp³-hybridized carbons (Fsp3) is 0.435. The summed E-state index contributed by atoms with van der Waals surface area (Å²) in [7, 11) is 3.20. The second-order valence-corrected chi connectivity index (χ2v) is 7.18. The molecule has 0 bridgehead atoms. The maximum Gasteiger partial charge on any atom is 0.254 e. The number of amides is 1. The molecule has 1 aliphatic heterocycles. The number of carbonyl (C=O) groups is 1. The zero-order valence-corrected chi connectivity index (χ0v) is 16.9. The van der Waals surface area contributed by atoms with Gasteiger partial charge in [-0.15, -0.1) is 0 Å². The molecule has 1 heterocycles. The van der Waals surface area contributed by atoms with Gasteiger partial charge in [-0.1, -0.05) is 30.3 Å². The van der Waals surface area contributed by atoms with Gasteiger partial charge in [-0.25, -0.2) is 0 Å². The van der Waals surface area contributed by atoms with Gasteiger partial charge in [-0.2, -0.15) is 0 Å². The van der Waals surface area contributed by atoms with Crippen LogP contribution in [0.25, 0.3) is 0 Å². The Labute approximate surface area is 167 Å². The summed E-state index contributed by atoms with van der Waals surface area (Å²) in [6.45, 7) is 4.57. The molecule has 0 spiro atoms. The van der Waals surface area contributed by atoms with Gasteiger partial charge in [0.15, 0.2) is 0 Å². The molecule has 1 amide bonds. The minimum Gasteiger partial charge on any atom is -0.497 e. The second kappa shape index (κ2) is 10.1. The molecule has 0 N–H and O–H groups in total. The lowest BCUT2D eigenvalue weighted by Gasteiger charge is -2.22. The molecule has 0 saturated carbocycles. The van der Waals surface area contributed by atoms with Crippen molar-refractivity contribution in [2.45, 2.75) is 19.3 Å². The normalized spacial score (nSPS) is 15.1. The first-order valence-electron chi connectivity index (χ1n) is 9.98. The summed E-state index contributed by atoms with van der Waals surface area (Å²) < 4.78 is 10.6. The SMILES string of the molecule is COc1cc(OC)cc(C(=O)N2CCCN(CCCc3ccccc3)CC2)c1. The summed E-state index contributed by atoms with van der Waals surface area (Å²) in [5.74, 6) is 1.32. The fourth-order valence-electron chi connectivity index (χ4n) is 3.66. The zero-order chi connectivity index (χ0) is 19.8. The van der Waals surface area contributed by atoms with Crippen LogP contribution >= 0.6 is 0 Å². The van der Waals surface area contributed by atoms with Crippen LogP contribution in [0.4, 0.5) is 0 Å². The number of methoxy groups -OCH3 is 2. The summed E-state index contributed by atoms with van der Waals surface area (Å²) in [6.07, 6.45) is 3.24. The highest BCUT2D eigenvalue weighted by Crippen LogP contribution is 2.24. The smallest absolute Gasteiger partial charge is 0.254 e. The molecule has 1 saturated heterocycles. The van der Waals surface area contributed by atoms with Crippen LogP contribution in [0.5, 0.6) is 11.5 Å². The maximum absolute atomic E-state index is 13.0. The van der Waals surface area contributed by atoms with Crippen LogP contribution < -0.4 is 9.47 Å². The molecule has 1 fully saturated rings. The number of hydrogen-bond donors (Lipinski definition) is 0. The first kappa shape index (κ1) is 20.2. The number of aryl methyl sites for hydroxylation is 1. The Bertz CT molecular complexity index is 741. The zero-order valence-electron chi connectivity index (χ0n) is 16.9. The van der Waals surface area contributed by atoms with Gasteiger partial charge >= 0.3 is 0 Å². The predicted octanol–water partition coefficient (Wildman–Crippen LogP) is 3.48. The molecule has 1 aliphatic rings. The summed E-state index contributed by atoms with van der Waals surface area (Å²) in [4.78, 5) is 17.4. The van der Waals surface area contributed by atoms with E-state index < -0.39 is 0 Å². The Morgan fingerprint density at radius 1 is 0.929 bits per heavy atom. The van der Waals surface area contributed by atoms with Gasteiger partial charge in [0.2, 0.25) is 0 Å². The number of hydrogen-bond acceptors (Lipinski definition) is 4. The number of rotatable bonds is 7. The van der Waals surface area contributed by atoms with E-state index in [0.717, 1.165) is 52.0 Å². The molecule has 0 radical (unpaired) electrons. The van der Waals surface area contributed by atoms with Gasteiger partial charge in [0.05, 0.1) is 14.2 Å². The van der Waals surface area contributed by atoms with Crippen LogP contribution in [-0.2, 0) is 6.42 Å². The van der Waals surface area contributed by atoms with Crippen molar-refractivity contribution in [1.29, 1.82) is 0 Å². The van der Waals surface area contributed by atoms with E-state index in [-0.39, 0.29) is 5.91 Å². The third kappa shape index (κ3) is 5.49. The minimum absolute atomic E-state index is 0.0448. The Balaban J connectivity index is 1.53. The van der Waals surface area contributed by atoms with Crippen molar-refractivity contribution in [3.8, 4) is 11.5 Å². The summed E-state index contributed by atoms with van der Waals surface area (Å²) in [5, 5.41) is 0. The van der Waals surface area contributed by atoms with Crippen LogP contribution in [0.3, 0.4) is 0 Å². The van der Waals surface area contributed by atoms with Crippen molar-refractivity contribution in [3.05, 3.63) is 59.7 Å². The molecule has 5 nitrogen and oxygen atoms in total. The quantitative estimate of drug-likeness (QED) is 0.735. The number of nitrogens with zero attached hydrogens (tertiary/aromatic N) is 2. The molecular formula is C23H30N2O3. The summed E-state index contributed by atoms with van der Waals surface area (Å²) in [6, 6.07) is 16.0. The van der Waals surface area contributed by atoms with Gasteiger partial charge in [0.1, 0.15) is 11.5 Å². The van der Waals surface area contributed by atoms with Crippen molar-refractivity contribution < 1.29 is 14.3 Å². The van der Waals surface area contributed by atoms with Gasteiger partial charge in [0, 0.05) is 31.3 Å². The van der Waals surface area contributed by atoms with Gasteiger partial charge in [-0.3, -0.25) is 4.79 Å². The average Bonchev–Trinajstić information content (AvgIpc) is 2.99. The van der Waals surface area contributed by atoms with Crippen molar-refractivity contribution in [2.24, 2.45) is 0 Å². The Morgan fingerprint density at radius 3 is 2.32 bits per heavy atom. The molecule has 2 aromatic rings. The van der Waals surface area contributed by atoms with Crippen LogP contribution in [0.1, 0.15) is 28.8 Å². The van der Waals surface area contributed by atoms with E-state index in [0.29, 0.717) is 17.1 Å². The minimum atomic E-state index is 0.0448.